The van der Waals surface area contributed by atoms with Gasteiger partial charge in [0.2, 0.25) is 0 Å². The van der Waals surface area contributed by atoms with Crippen LogP contribution in [0.1, 0.15) is 41.0 Å². The van der Waals surface area contributed by atoms with Crippen LogP contribution in [0, 0.1) is 5.92 Å². The fourth-order valence-electron chi connectivity index (χ4n) is 2.02. The van der Waals surface area contributed by atoms with Gasteiger partial charge in [0.05, 0.1) is 72.7 Å². The van der Waals surface area contributed by atoms with Crippen LogP contribution in [0.4, 0.5) is 0 Å². The molecule has 0 aromatic heterocycles. The molecule has 0 amide bonds. The lowest BCUT2D eigenvalue weighted by Gasteiger charge is -2.20. The minimum Gasteiger partial charge on any atom is -0.379 e. The fraction of sp³-hybridized carbons (Fsp3) is 1.00. The number of hydrogen-bond acceptors (Lipinski definition) is 7. The van der Waals surface area contributed by atoms with Gasteiger partial charge < -0.3 is 33.7 Å². The number of ether oxygens (including phenoxy) is 6. The van der Waals surface area contributed by atoms with Crippen LogP contribution in [-0.2, 0) is 28.4 Å². The van der Waals surface area contributed by atoms with E-state index in [1.165, 1.54) is 0 Å². The van der Waals surface area contributed by atoms with Gasteiger partial charge in [-0.05, 0) is 33.1 Å². The molecule has 0 unspecified atom stereocenters. The third-order valence-corrected chi connectivity index (χ3v) is 3.60. The van der Waals surface area contributed by atoms with Gasteiger partial charge >= 0.3 is 0 Å². The topological polar surface area (TPSA) is 67.4 Å². The summed E-state index contributed by atoms with van der Waals surface area (Å²) in [5.74, 6) is 0.684. The van der Waals surface area contributed by atoms with E-state index in [9.17, 15) is 0 Å². The zero-order chi connectivity index (χ0) is 20.9. The van der Waals surface area contributed by atoms with Crippen LogP contribution >= 0.6 is 0 Å². The molecule has 0 aromatic rings. The van der Waals surface area contributed by atoms with Crippen molar-refractivity contribution in [1.82, 2.24) is 5.32 Å². The Balaban J connectivity index is 3.03. The highest BCUT2D eigenvalue weighted by Gasteiger charge is 2.06. The largest absolute Gasteiger partial charge is 0.379 e. The average molecular weight is 408 g/mol. The Morgan fingerprint density at radius 3 is 1.18 bits per heavy atom. The van der Waals surface area contributed by atoms with Gasteiger partial charge in [0.1, 0.15) is 0 Å². The lowest BCUT2D eigenvalue weighted by molar-refractivity contribution is -0.0170. The Labute approximate surface area is 172 Å². The molecule has 0 radical (unpaired) electrons. The molecule has 28 heavy (non-hydrogen) atoms. The third-order valence-electron chi connectivity index (χ3n) is 3.60. The number of nitrogens with one attached hydrogen (secondary N) is 1. The fourth-order valence-corrected chi connectivity index (χ4v) is 2.02. The Kier molecular flexibility index (Phi) is 19.8. The van der Waals surface area contributed by atoms with Gasteiger partial charge in [0.25, 0.3) is 0 Å². The normalized spacial score (nSPS) is 12.2. The van der Waals surface area contributed by atoms with Crippen molar-refractivity contribution in [1.29, 1.82) is 0 Å². The monoisotopic (exact) mass is 407 g/mol. The SMILES string of the molecule is CC(C)CCOCCOCCOCCOCCOCCOCCNC(C)(C)C. The Morgan fingerprint density at radius 2 is 0.857 bits per heavy atom. The van der Waals surface area contributed by atoms with E-state index in [1.807, 2.05) is 0 Å². The van der Waals surface area contributed by atoms with E-state index in [0.717, 1.165) is 19.6 Å². The molecule has 0 spiro atoms. The second kappa shape index (κ2) is 20.0. The summed E-state index contributed by atoms with van der Waals surface area (Å²) in [4.78, 5) is 0. The quantitative estimate of drug-likeness (QED) is 0.293. The summed E-state index contributed by atoms with van der Waals surface area (Å²) < 4.78 is 32.7. The van der Waals surface area contributed by atoms with E-state index >= 15 is 0 Å². The van der Waals surface area contributed by atoms with Gasteiger partial charge in [-0.2, -0.15) is 0 Å². The maximum Gasteiger partial charge on any atom is 0.0701 e. The summed E-state index contributed by atoms with van der Waals surface area (Å²) in [5, 5.41) is 3.37. The Bertz CT molecular complexity index is 310. The molecule has 0 aliphatic heterocycles. The predicted molar refractivity (Wildman–Crippen MR) is 112 cm³/mol. The van der Waals surface area contributed by atoms with Crippen LogP contribution in [0.5, 0.6) is 0 Å². The zero-order valence-electron chi connectivity index (χ0n) is 18.9. The molecule has 0 aliphatic rings. The van der Waals surface area contributed by atoms with Crippen molar-refractivity contribution in [3.63, 3.8) is 0 Å². The molecule has 170 valence electrons. The number of hydrogen-bond donors (Lipinski definition) is 1. The van der Waals surface area contributed by atoms with Crippen molar-refractivity contribution in [2.45, 2.75) is 46.6 Å². The molecule has 0 aliphatic carbocycles. The van der Waals surface area contributed by atoms with Crippen LogP contribution in [0.2, 0.25) is 0 Å². The van der Waals surface area contributed by atoms with Crippen molar-refractivity contribution in [3.8, 4) is 0 Å². The minimum absolute atomic E-state index is 0.135. The molecule has 7 nitrogen and oxygen atoms in total. The summed E-state index contributed by atoms with van der Waals surface area (Å²) in [6.07, 6.45) is 1.09. The van der Waals surface area contributed by atoms with Gasteiger partial charge in [-0.15, -0.1) is 0 Å². The molecule has 0 aromatic carbocycles. The summed E-state index contributed by atoms with van der Waals surface area (Å²) in [5.41, 5.74) is 0.135. The first-order valence-electron chi connectivity index (χ1n) is 10.6. The smallest absolute Gasteiger partial charge is 0.0701 e. The van der Waals surface area contributed by atoms with Crippen LogP contribution in [0.3, 0.4) is 0 Å². The first-order chi connectivity index (χ1) is 13.4. The van der Waals surface area contributed by atoms with Crippen molar-refractivity contribution >= 4 is 0 Å². The summed E-state index contributed by atoms with van der Waals surface area (Å²) in [7, 11) is 0. The summed E-state index contributed by atoms with van der Waals surface area (Å²) in [6.45, 7) is 19.1. The van der Waals surface area contributed by atoms with Crippen LogP contribution in [0.15, 0.2) is 0 Å². The molecule has 0 fully saturated rings. The molecule has 0 atom stereocenters. The molecule has 0 heterocycles. The Hall–Kier alpha value is -0.280. The first-order valence-corrected chi connectivity index (χ1v) is 10.6. The lowest BCUT2D eigenvalue weighted by Crippen LogP contribution is -2.38. The van der Waals surface area contributed by atoms with Gasteiger partial charge in [-0.3, -0.25) is 0 Å². The molecular formula is C21H45NO6. The third kappa shape index (κ3) is 25.7. The van der Waals surface area contributed by atoms with Crippen molar-refractivity contribution in [3.05, 3.63) is 0 Å². The van der Waals surface area contributed by atoms with E-state index < -0.39 is 0 Å². The van der Waals surface area contributed by atoms with E-state index in [4.69, 9.17) is 28.4 Å². The molecule has 0 saturated carbocycles. The van der Waals surface area contributed by atoms with Crippen LogP contribution < -0.4 is 5.32 Å². The van der Waals surface area contributed by atoms with Crippen molar-refractivity contribution < 1.29 is 28.4 Å². The summed E-state index contributed by atoms with van der Waals surface area (Å²) in [6, 6.07) is 0. The van der Waals surface area contributed by atoms with Gasteiger partial charge in [0.15, 0.2) is 0 Å². The van der Waals surface area contributed by atoms with Gasteiger partial charge in [-0.1, -0.05) is 13.8 Å². The number of rotatable bonds is 21. The first kappa shape index (κ1) is 27.7. The molecule has 7 heteroatoms. The highest BCUT2D eigenvalue weighted by molar-refractivity contribution is 4.69. The minimum atomic E-state index is 0.135. The van der Waals surface area contributed by atoms with Crippen molar-refractivity contribution in [2.24, 2.45) is 5.92 Å². The van der Waals surface area contributed by atoms with E-state index in [2.05, 4.69) is 39.9 Å². The molecule has 1 N–H and O–H groups in total. The second-order valence-corrected chi connectivity index (χ2v) is 8.03. The molecule has 0 saturated heterocycles. The molecular weight excluding hydrogens is 362 g/mol. The predicted octanol–water partition coefficient (Wildman–Crippen LogP) is 2.52. The maximum absolute atomic E-state index is 5.49. The van der Waals surface area contributed by atoms with Gasteiger partial charge in [-0.25, -0.2) is 0 Å². The zero-order valence-corrected chi connectivity index (χ0v) is 18.9. The van der Waals surface area contributed by atoms with Crippen LogP contribution in [-0.4, -0.2) is 91.4 Å². The Morgan fingerprint density at radius 1 is 0.536 bits per heavy atom. The maximum atomic E-state index is 5.49. The van der Waals surface area contributed by atoms with Crippen molar-refractivity contribution in [2.75, 3.05) is 85.8 Å². The van der Waals surface area contributed by atoms with Gasteiger partial charge in [0, 0.05) is 18.7 Å². The van der Waals surface area contributed by atoms with E-state index in [0.29, 0.717) is 78.6 Å². The van der Waals surface area contributed by atoms with E-state index in [1.54, 1.807) is 0 Å². The lowest BCUT2D eigenvalue weighted by atomic mass is 10.1. The highest BCUT2D eigenvalue weighted by Crippen LogP contribution is 1.98. The summed E-state index contributed by atoms with van der Waals surface area (Å²) >= 11 is 0. The molecule has 0 rings (SSSR count). The standard InChI is InChI=1S/C21H45NO6/c1-20(2)6-8-23-10-12-25-14-16-27-18-19-28-17-15-26-13-11-24-9-7-22-21(3,4)5/h20,22H,6-19H2,1-5H3. The van der Waals surface area contributed by atoms with Crippen LogP contribution in [0.25, 0.3) is 0 Å². The second-order valence-electron chi connectivity index (χ2n) is 8.03. The highest BCUT2D eigenvalue weighted by atomic mass is 16.6. The van der Waals surface area contributed by atoms with E-state index in [-0.39, 0.29) is 5.54 Å². The average Bonchev–Trinajstić information content (AvgIpc) is 2.61. The molecule has 0 bridgehead atoms.